The number of amides is 2. The molecule has 32 heavy (non-hydrogen) atoms. The van der Waals surface area contributed by atoms with E-state index in [0.717, 1.165) is 34.1 Å². The average Bonchev–Trinajstić information content (AvgIpc) is 3.33. The van der Waals surface area contributed by atoms with Gasteiger partial charge in [0.05, 0.1) is 10.6 Å². The van der Waals surface area contributed by atoms with Crippen LogP contribution in [-0.2, 0) is 11.4 Å². The molecule has 2 aromatic carbocycles. The summed E-state index contributed by atoms with van der Waals surface area (Å²) in [6.45, 7) is 2.20. The molecule has 0 radical (unpaired) electrons. The fourth-order valence-corrected chi connectivity index (χ4v) is 4.02. The molecule has 158 valence electrons. The predicted octanol–water partition coefficient (Wildman–Crippen LogP) is 5.10. The van der Waals surface area contributed by atoms with Crippen LogP contribution in [0.3, 0.4) is 0 Å². The number of aromatic nitrogens is 2. The van der Waals surface area contributed by atoms with E-state index in [1.807, 2.05) is 54.6 Å². The highest BCUT2D eigenvalue weighted by molar-refractivity contribution is 8.18. The minimum Gasteiger partial charge on any atom is -0.485 e. The molecule has 2 amide bonds. The number of nitrogens with one attached hydrogen (secondary N) is 1. The summed E-state index contributed by atoms with van der Waals surface area (Å²) in [6, 6.07) is 17.4. The highest BCUT2D eigenvalue weighted by atomic mass is 32.2. The number of thioether (sulfide) groups is 1. The molecule has 2 aromatic heterocycles. The summed E-state index contributed by atoms with van der Waals surface area (Å²) in [4.78, 5) is 32.4. The van der Waals surface area contributed by atoms with Gasteiger partial charge < -0.3 is 9.15 Å². The first-order valence-corrected chi connectivity index (χ1v) is 10.7. The predicted molar refractivity (Wildman–Crippen MR) is 122 cm³/mol. The van der Waals surface area contributed by atoms with Gasteiger partial charge in [-0.3, -0.25) is 19.9 Å². The van der Waals surface area contributed by atoms with Crippen molar-refractivity contribution in [2.24, 2.45) is 0 Å². The van der Waals surface area contributed by atoms with E-state index in [2.05, 4.69) is 15.3 Å². The Labute approximate surface area is 187 Å². The number of pyridine rings is 1. The molecular weight excluding hydrogens is 426 g/mol. The summed E-state index contributed by atoms with van der Waals surface area (Å²) in [6.07, 6.45) is 3.29. The fourth-order valence-electron chi connectivity index (χ4n) is 3.34. The first kappa shape index (κ1) is 20.0. The number of benzene rings is 2. The maximum atomic E-state index is 11.7. The first-order valence-electron chi connectivity index (χ1n) is 9.84. The van der Waals surface area contributed by atoms with E-state index < -0.39 is 5.91 Å². The molecule has 0 bridgehead atoms. The molecule has 8 heteroatoms. The second-order valence-electron chi connectivity index (χ2n) is 7.16. The van der Waals surface area contributed by atoms with Crippen molar-refractivity contribution in [1.29, 1.82) is 0 Å². The van der Waals surface area contributed by atoms with E-state index in [1.165, 1.54) is 0 Å². The Balaban J connectivity index is 1.45. The largest absolute Gasteiger partial charge is 0.485 e. The van der Waals surface area contributed by atoms with Crippen LogP contribution in [0.15, 0.2) is 70.1 Å². The van der Waals surface area contributed by atoms with Gasteiger partial charge in [-0.05, 0) is 47.2 Å². The maximum absolute atomic E-state index is 11.7. The first-order chi connectivity index (χ1) is 15.5. The third-order valence-corrected chi connectivity index (χ3v) is 5.63. The van der Waals surface area contributed by atoms with Crippen LogP contribution in [0, 0.1) is 6.92 Å². The zero-order valence-corrected chi connectivity index (χ0v) is 17.8. The van der Waals surface area contributed by atoms with Crippen molar-refractivity contribution in [3.8, 4) is 17.0 Å². The second-order valence-corrected chi connectivity index (χ2v) is 8.17. The Morgan fingerprint density at radius 2 is 1.97 bits per heavy atom. The lowest BCUT2D eigenvalue weighted by Crippen LogP contribution is -2.17. The summed E-state index contributed by atoms with van der Waals surface area (Å²) in [5.41, 5.74) is 4.60. The van der Waals surface area contributed by atoms with E-state index in [4.69, 9.17) is 9.15 Å². The summed E-state index contributed by atoms with van der Waals surface area (Å²) in [7, 11) is 0. The standard InChI is InChI=1S/C24H17N3O4S/c1-14-26-19-10-17(11-20(22(19)31-14)30-13-15-5-3-2-4-6-15)18-8-7-16(12-25-18)9-21-23(28)27-24(29)32-21/h2-12H,13H2,1H3,(H,27,28,29)/b21-9+. The van der Waals surface area contributed by atoms with Gasteiger partial charge in [0.25, 0.3) is 11.1 Å². The number of carbonyl (C=O) groups is 2. The molecule has 1 saturated heterocycles. The lowest BCUT2D eigenvalue weighted by Gasteiger charge is -2.09. The van der Waals surface area contributed by atoms with Crippen LogP contribution >= 0.6 is 11.8 Å². The Morgan fingerprint density at radius 3 is 2.69 bits per heavy atom. The van der Waals surface area contributed by atoms with Gasteiger partial charge >= 0.3 is 0 Å². The molecule has 0 saturated carbocycles. The van der Waals surface area contributed by atoms with Crippen LogP contribution in [0.5, 0.6) is 5.75 Å². The van der Waals surface area contributed by atoms with Crippen LogP contribution in [0.25, 0.3) is 28.4 Å². The van der Waals surface area contributed by atoms with Crippen molar-refractivity contribution in [3.05, 3.63) is 82.7 Å². The lowest BCUT2D eigenvalue weighted by molar-refractivity contribution is -0.115. The Bertz CT molecular complexity index is 1360. The third kappa shape index (κ3) is 4.13. The van der Waals surface area contributed by atoms with Crippen LogP contribution < -0.4 is 10.1 Å². The van der Waals surface area contributed by atoms with Gasteiger partial charge in [0.1, 0.15) is 12.1 Å². The summed E-state index contributed by atoms with van der Waals surface area (Å²) < 4.78 is 11.8. The van der Waals surface area contributed by atoms with Crippen molar-refractivity contribution in [2.45, 2.75) is 13.5 Å². The molecule has 1 aliphatic rings. The van der Waals surface area contributed by atoms with Crippen molar-refractivity contribution in [1.82, 2.24) is 15.3 Å². The molecule has 0 spiro atoms. The number of hydrogen-bond acceptors (Lipinski definition) is 7. The monoisotopic (exact) mass is 443 g/mol. The Hall–Kier alpha value is -3.91. The summed E-state index contributed by atoms with van der Waals surface area (Å²) in [5.74, 6) is 0.752. The van der Waals surface area contributed by atoms with E-state index in [9.17, 15) is 9.59 Å². The normalized spacial score (nSPS) is 14.8. The van der Waals surface area contributed by atoms with Crippen LogP contribution in [0.2, 0.25) is 0 Å². The number of aryl methyl sites for hydroxylation is 1. The van der Waals surface area contributed by atoms with Gasteiger partial charge in [0.15, 0.2) is 17.2 Å². The number of nitrogens with zero attached hydrogens (tertiary/aromatic N) is 2. The van der Waals surface area contributed by atoms with Crippen molar-refractivity contribution in [3.63, 3.8) is 0 Å². The highest BCUT2D eigenvalue weighted by Gasteiger charge is 2.25. The molecule has 0 atom stereocenters. The van der Waals surface area contributed by atoms with Gasteiger partial charge in [0, 0.05) is 18.7 Å². The fraction of sp³-hybridized carbons (Fsp3) is 0.0833. The lowest BCUT2D eigenvalue weighted by atomic mass is 10.1. The number of fused-ring (bicyclic) bond motifs is 1. The molecule has 1 N–H and O–H groups in total. The second kappa shape index (κ2) is 8.32. The van der Waals surface area contributed by atoms with Gasteiger partial charge in [-0.1, -0.05) is 36.4 Å². The quantitative estimate of drug-likeness (QED) is 0.429. The van der Waals surface area contributed by atoms with E-state index >= 15 is 0 Å². The molecule has 3 heterocycles. The highest BCUT2D eigenvalue weighted by Crippen LogP contribution is 2.33. The zero-order chi connectivity index (χ0) is 22.1. The van der Waals surface area contributed by atoms with Crippen molar-refractivity contribution >= 4 is 40.1 Å². The number of carbonyl (C=O) groups excluding carboxylic acids is 2. The van der Waals surface area contributed by atoms with Crippen LogP contribution in [0.4, 0.5) is 4.79 Å². The van der Waals surface area contributed by atoms with Gasteiger partial charge in [-0.2, -0.15) is 0 Å². The third-order valence-electron chi connectivity index (χ3n) is 4.82. The minimum atomic E-state index is -0.392. The molecule has 1 aliphatic heterocycles. The Kier molecular flexibility index (Phi) is 5.20. The Morgan fingerprint density at radius 1 is 1.12 bits per heavy atom. The number of ether oxygens (including phenoxy) is 1. The van der Waals surface area contributed by atoms with E-state index in [1.54, 1.807) is 19.2 Å². The maximum Gasteiger partial charge on any atom is 0.290 e. The smallest absolute Gasteiger partial charge is 0.290 e. The minimum absolute atomic E-state index is 0.348. The van der Waals surface area contributed by atoms with Crippen LogP contribution in [0.1, 0.15) is 17.0 Å². The number of rotatable bonds is 5. The van der Waals surface area contributed by atoms with Crippen molar-refractivity contribution in [2.75, 3.05) is 0 Å². The van der Waals surface area contributed by atoms with Gasteiger partial charge in [0.2, 0.25) is 0 Å². The van der Waals surface area contributed by atoms with E-state index in [-0.39, 0.29) is 5.24 Å². The molecule has 4 aromatic rings. The summed E-state index contributed by atoms with van der Waals surface area (Å²) >= 11 is 0.877. The van der Waals surface area contributed by atoms with Gasteiger partial charge in [-0.15, -0.1) is 0 Å². The molecular formula is C24H17N3O4S. The molecule has 7 nitrogen and oxygen atoms in total. The number of imide groups is 1. The zero-order valence-electron chi connectivity index (χ0n) is 17.0. The topological polar surface area (TPSA) is 94.3 Å². The molecule has 5 rings (SSSR count). The van der Waals surface area contributed by atoms with Crippen LogP contribution in [-0.4, -0.2) is 21.1 Å². The van der Waals surface area contributed by atoms with Crippen molar-refractivity contribution < 1.29 is 18.7 Å². The average molecular weight is 443 g/mol. The number of hydrogen-bond donors (Lipinski definition) is 1. The molecule has 0 unspecified atom stereocenters. The SMILES string of the molecule is Cc1nc2cc(-c3ccc(/C=C4/SC(=O)NC4=O)cn3)cc(OCc3ccccc3)c2o1. The molecule has 1 fully saturated rings. The van der Waals surface area contributed by atoms with Gasteiger partial charge in [-0.25, -0.2) is 4.98 Å². The number of oxazole rings is 1. The van der Waals surface area contributed by atoms with E-state index in [0.29, 0.717) is 34.3 Å². The summed E-state index contributed by atoms with van der Waals surface area (Å²) in [5, 5.41) is 1.87. The molecule has 0 aliphatic carbocycles.